The zero-order valence-electron chi connectivity index (χ0n) is 22.3. The van der Waals surface area contributed by atoms with Crippen molar-refractivity contribution in [3.8, 4) is 0 Å². The summed E-state index contributed by atoms with van der Waals surface area (Å²) in [6.07, 6.45) is 3.43. The summed E-state index contributed by atoms with van der Waals surface area (Å²) < 4.78 is 4.69. The number of carbonyl (C=O) groups is 6. The minimum atomic E-state index is -0.879. The van der Waals surface area contributed by atoms with Gasteiger partial charge in [0.15, 0.2) is 0 Å². The molecule has 12 heteroatoms. The highest BCUT2D eigenvalue weighted by Crippen LogP contribution is 2.11. The lowest BCUT2D eigenvalue weighted by atomic mass is 10.0. The van der Waals surface area contributed by atoms with Crippen LogP contribution in [-0.4, -0.2) is 74.7 Å². The molecule has 0 bridgehead atoms. The van der Waals surface area contributed by atoms with Crippen molar-refractivity contribution < 1.29 is 33.5 Å². The summed E-state index contributed by atoms with van der Waals surface area (Å²) in [4.78, 5) is 71.6. The zero-order valence-corrected chi connectivity index (χ0v) is 22.3. The van der Waals surface area contributed by atoms with E-state index in [2.05, 4.69) is 16.0 Å². The Morgan fingerprint density at radius 2 is 1.68 bits per heavy atom. The molecule has 0 heterocycles. The number of nitrogens with one attached hydrogen (secondary N) is 3. The largest absolute Gasteiger partial charge is 0.470 e. The van der Waals surface area contributed by atoms with Crippen molar-refractivity contribution in [3.05, 3.63) is 29.8 Å². The Kier molecular flexibility index (Phi) is 15.1. The number of hydrogen-bond acceptors (Lipinski definition) is 7. The second-order valence-corrected chi connectivity index (χ2v) is 9.19. The molecule has 1 unspecified atom stereocenters. The van der Waals surface area contributed by atoms with Gasteiger partial charge < -0.3 is 30.4 Å². The molecule has 206 valence electrons. The van der Waals surface area contributed by atoms with Gasteiger partial charge in [0, 0.05) is 38.5 Å². The summed E-state index contributed by atoms with van der Waals surface area (Å²) in [6.45, 7) is 3.89. The number of aldehydes is 1. The molecule has 2 radical (unpaired) electrons. The maximum Gasteiger partial charge on any atom is 0.243 e. The molecule has 3 N–H and O–H groups in total. The molecule has 38 heavy (non-hydrogen) atoms. The number of hydrogen-bond donors (Lipinski definition) is 3. The lowest BCUT2D eigenvalue weighted by molar-refractivity contribution is -0.131. The SMILES string of the molecule is [B]C(=O)OCc1ccc(NC(=O)CNC(=O)C(NC(=O)CCCCCN(C)C(=O)CCC=O)C(C)C)cc1. The number of carbonyl (C=O) groups excluding carboxylic acids is 6. The molecule has 0 aliphatic rings. The van der Waals surface area contributed by atoms with Crippen LogP contribution in [0.1, 0.15) is 57.9 Å². The Labute approximate surface area is 224 Å². The van der Waals surface area contributed by atoms with Gasteiger partial charge in [0.1, 0.15) is 18.9 Å². The van der Waals surface area contributed by atoms with Crippen LogP contribution in [0.15, 0.2) is 24.3 Å². The van der Waals surface area contributed by atoms with Crippen LogP contribution in [0.3, 0.4) is 0 Å². The van der Waals surface area contributed by atoms with Gasteiger partial charge in [-0.25, -0.2) is 0 Å². The normalized spacial score (nSPS) is 11.3. The van der Waals surface area contributed by atoms with Gasteiger partial charge in [-0.15, -0.1) is 0 Å². The molecule has 1 rings (SSSR count). The van der Waals surface area contributed by atoms with Gasteiger partial charge in [0.2, 0.25) is 37.3 Å². The van der Waals surface area contributed by atoms with Gasteiger partial charge in [0.05, 0.1) is 6.54 Å². The van der Waals surface area contributed by atoms with Crippen LogP contribution < -0.4 is 16.0 Å². The van der Waals surface area contributed by atoms with Crippen LogP contribution >= 0.6 is 0 Å². The van der Waals surface area contributed by atoms with Gasteiger partial charge in [-0.3, -0.25) is 24.0 Å². The minimum absolute atomic E-state index is 0.0176. The summed E-state index contributed by atoms with van der Waals surface area (Å²) in [5.41, 5.74) is 1.19. The van der Waals surface area contributed by atoms with Crippen molar-refractivity contribution in [2.75, 3.05) is 25.5 Å². The Morgan fingerprint density at radius 3 is 2.29 bits per heavy atom. The third kappa shape index (κ3) is 13.6. The maximum atomic E-state index is 12.6. The molecule has 0 aromatic heterocycles. The lowest BCUT2D eigenvalue weighted by Crippen LogP contribution is -2.51. The lowest BCUT2D eigenvalue weighted by Gasteiger charge is -2.21. The number of amides is 4. The summed E-state index contributed by atoms with van der Waals surface area (Å²) in [6, 6.07) is 5.78. The van der Waals surface area contributed by atoms with Gasteiger partial charge in [-0.1, -0.05) is 32.4 Å². The first kappa shape index (κ1) is 32.3. The number of nitrogens with zero attached hydrogens (tertiary/aromatic N) is 1. The molecule has 0 fully saturated rings. The van der Waals surface area contributed by atoms with Crippen LogP contribution in [0.5, 0.6) is 0 Å². The van der Waals surface area contributed by atoms with E-state index in [4.69, 9.17) is 12.6 Å². The third-order valence-corrected chi connectivity index (χ3v) is 5.61. The molecular formula is C26H37BN4O7. The van der Waals surface area contributed by atoms with E-state index < -0.39 is 23.7 Å². The molecule has 0 spiro atoms. The van der Waals surface area contributed by atoms with Crippen LogP contribution in [0.4, 0.5) is 10.5 Å². The molecular weight excluding hydrogens is 491 g/mol. The van der Waals surface area contributed by atoms with Crippen molar-refractivity contribution in [2.24, 2.45) is 5.92 Å². The topological polar surface area (TPSA) is 151 Å². The smallest absolute Gasteiger partial charge is 0.243 e. The Hall–Kier alpha value is -3.70. The van der Waals surface area contributed by atoms with E-state index >= 15 is 0 Å². The van der Waals surface area contributed by atoms with Crippen LogP contribution in [0, 0.1) is 5.92 Å². The van der Waals surface area contributed by atoms with Gasteiger partial charge in [-0.05, 0) is 36.5 Å². The first-order chi connectivity index (χ1) is 18.0. The quantitative estimate of drug-likeness (QED) is 0.158. The first-order valence-corrected chi connectivity index (χ1v) is 12.6. The van der Waals surface area contributed by atoms with Crippen molar-refractivity contribution in [2.45, 2.75) is 65.0 Å². The average Bonchev–Trinajstić information content (AvgIpc) is 2.87. The standard InChI is InChI=1S/C26H37BN4O7/c1-18(2)24(30-21(33)8-5-4-6-14-31(3)23(35)9-7-15-32)25(36)28-16-22(34)29-20-12-10-19(11-13-20)17-38-26(27)37/h10-13,15,18,24H,4-9,14,16-17H2,1-3H3,(H,28,36)(H,29,34)(H,30,33). The van der Waals surface area contributed by atoms with E-state index in [0.717, 1.165) is 19.1 Å². The molecule has 0 aliphatic carbocycles. The predicted molar refractivity (Wildman–Crippen MR) is 142 cm³/mol. The molecule has 0 saturated heterocycles. The van der Waals surface area contributed by atoms with Crippen molar-refractivity contribution in [1.82, 2.24) is 15.5 Å². The monoisotopic (exact) mass is 528 g/mol. The second-order valence-electron chi connectivity index (χ2n) is 9.19. The minimum Gasteiger partial charge on any atom is -0.470 e. The van der Waals surface area contributed by atoms with E-state index in [1.807, 2.05) is 0 Å². The number of benzene rings is 1. The molecule has 4 amide bonds. The van der Waals surface area contributed by atoms with Gasteiger partial charge in [0.25, 0.3) is 0 Å². The van der Waals surface area contributed by atoms with E-state index in [1.54, 1.807) is 50.1 Å². The Morgan fingerprint density at radius 1 is 1.00 bits per heavy atom. The molecule has 0 saturated carbocycles. The van der Waals surface area contributed by atoms with Crippen molar-refractivity contribution in [1.29, 1.82) is 0 Å². The highest BCUT2D eigenvalue weighted by molar-refractivity contribution is 6.55. The van der Waals surface area contributed by atoms with Crippen molar-refractivity contribution in [3.63, 3.8) is 0 Å². The van der Waals surface area contributed by atoms with E-state index in [-0.39, 0.29) is 50.1 Å². The highest BCUT2D eigenvalue weighted by Gasteiger charge is 2.24. The fourth-order valence-electron chi connectivity index (χ4n) is 3.41. The van der Waals surface area contributed by atoms with E-state index in [0.29, 0.717) is 24.2 Å². The summed E-state index contributed by atoms with van der Waals surface area (Å²) >= 11 is 0. The predicted octanol–water partition coefficient (Wildman–Crippen LogP) is 1.69. The summed E-state index contributed by atoms with van der Waals surface area (Å²) in [7, 11) is 6.61. The molecule has 1 atom stereocenters. The first-order valence-electron chi connectivity index (χ1n) is 12.6. The van der Waals surface area contributed by atoms with Crippen LogP contribution in [-0.2, 0) is 35.3 Å². The number of rotatable bonds is 17. The Bertz CT molecular complexity index is 953. The van der Waals surface area contributed by atoms with Crippen LogP contribution in [0.25, 0.3) is 0 Å². The molecule has 1 aromatic carbocycles. The molecule has 1 aromatic rings. The number of anilines is 1. The summed E-state index contributed by atoms with van der Waals surface area (Å²) in [5.74, 6) is -2.32. The molecule has 0 aliphatic heterocycles. The average molecular weight is 528 g/mol. The maximum absolute atomic E-state index is 12.6. The number of unbranched alkanes of at least 4 members (excludes halogenated alkanes) is 2. The van der Waals surface area contributed by atoms with Crippen LogP contribution in [0.2, 0.25) is 0 Å². The zero-order chi connectivity index (χ0) is 28.5. The third-order valence-electron chi connectivity index (χ3n) is 5.61. The second kappa shape index (κ2) is 17.7. The number of ether oxygens (including phenoxy) is 1. The van der Waals surface area contributed by atoms with E-state index in [1.165, 1.54) is 0 Å². The summed E-state index contributed by atoms with van der Waals surface area (Å²) in [5, 5.41) is 7.93. The molecule has 11 nitrogen and oxygen atoms in total. The van der Waals surface area contributed by atoms with Gasteiger partial charge in [-0.2, -0.15) is 0 Å². The van der Waals surface area contributed by atoms with E-state index in [9.17, 15) is 28.8 Å². The van der Waals surface area contributed by atoms with Crippen molar-refractivity contribution >= 4 is 49.3 Å². The fraction of sp³-hybridized carbons (Fsp3) is 0.538. The fourth-order valence-corrected chi connectivity index (χ4v) is 3.41. The Balaban J connectivity index is 2.38. The van der Waals surface area contributed by atoms with Gasteiger partial charge >= 0.3 is 0 Å². The highest BCUT2D eigenvalue weighted by atomic mass is 16.5.